The van der Waals surface area contributed by atoms with Gasteiger partial charge in [0.15, 0.2) is 8.32 Å². The molecule has 0 aromatic carbocycles. The highest BCUT2D eigenvalue weighted by Crippen LogP contribution is 2.69. The minimum Gasteiger partial charge on any atom is -0.414 e. The maximum Gasteiger partial charge on any atom is 0.192 e. The zero-order valence-corrected chi connectivity index (χ0v) is 48.2. The van der Waals surface area contributed by atoms with Gasteiger partial charge >= 0.3 is 0 Å². The zero-order chi connectivity index (χ0) is 49.7. The molecular weight excluding hydrogens is 833 g/mol. The molecule has 0 aliphatic heterocycles. The standard InChI is InChI=1S/C34H60O2Si.C29H48O/c1-23(14-15-24(2)32(7,8)35)29-16-17-30-26(13-12-18-33(29,30)9)19-25(3)34-21-27(34)20-28(22-34)36-37(10,11)31(4,5)6;1-20-17-21(2)19-24(18-20)12-13-25-9-8-16-29(7)26(14-15-27(25)29)22(3)10-11-23(4)28(5,6)30/h14-15,19,23-25,27-30,35H,12-13,16-18,20-22H2,1-11H3;10-13,20-23,26-27,30H,8-9,14-19H2,1-7H3/b15-14+,26-19+;11-10+,25-13+/t23-,24+,25-,27?,28+,29-,30+,33-,34-;20-,21-,22+,23-,26+,27-,29+/m10/s1. The van der Waals surface area contributed by atoms with Gasteiger partial charge in [-0.3, -0.25) is 0 Å². The van der Waals surface area contributed by atoms with E-state index in [0.717, 1.165) is 41.4 Å². The molecule has 0 amide bonds. The molecule has 0 saturated heterocycles. The van der Waals surface area contributed by atoms with Gasteiger partial charge in [0.25, 0.3) is 0 Å². The van der Waals surface area contributed by atoms with Crippen molar-refractivity contribution in [2.45, 2.75) is 249 Å². The summed E-state index contributed by atoms with van der Waals surface area (Å²) in [5.41, 5.74) is 5.34. The van der Waals surface area contributed by atoms with E-state index in [9.17, 15) is 10.2 Å². The fourth-order valence-corrected chi connectivity index (χ4v) is 17.0. The number of rotatable bonds is 13. The molecule has 0 radical (unpaired) electrons. The van der Waals surface area contributed by atoms with Crippen molar-refractivity contribution in [2.24, 2.45) is 87.3 Å². The van der Waals surface area contributed by atoms with E-state index in [4.69, 9.17) is 4.43 Å². The van der Waals surface area contributed by atoms with Crippen LogP contribution in [0.5, 0.6) is 0 Å². The molecule has 382 valence electrons. The summed E-state index contributed by atoms with van der Waals surface area (Å²) >= 11 is 0. The first-order valence-electron chi connectivity index (χ1n) is 28.5. The summed E-state index contributed by atoms with van der Waals surface area (Å²) in [7, 11) is -1.69. The van der Waals surface area contributed by atoms with E-state index in [0.29, 0.717) is 45.1 Å². The Morgan fingerprint density at radius 3 is 1.60 bits per heavy atom. The monoisotopic (exact) mass is 941 g/mol. The Labute approximate surface area is 416 Å². The summed E-state index contributed by atoms with van der Waals surface area (Å²) in [6.45, 7) is 41.4. The van der Waals surface area contributed by atoms with Gasteiger partial charge in [-0.05, 0) is 224 Å². The molecule has 7 aliphatic carbocycles. The Morgan fingerprint density at radius 1 is 0.642 bits per heavy atom. The SMILES string of the molecule is C[C@@H]1CC(=C/C=C2\CCC[C@]3(C)[C@@H]([C@H](C)/C=C/[C@H](C)C(C)(C)O)CC[C@@H]23)C[C@@H](C)C1.C[C@H](/C=C/[C@H](C)C(C)(C)O)[C@H]1CC[C@H]2/C(=C/[C@@H](C)[C@]34CC3C[C@H](O[Si](C)(C)C(C)(C)C)C4)CCC[C@]12C. The Hall–Kier alpha value is -1.20. The van der Waals surface area contributed by atoms with Crippen molar-refractivity contribution in [1.82, 2.24) is 0 Å². The highest BCUT2D eigenvalue weighted by atomic mass is 28.4. The smallest absolute Gasteiger partial charge is 0.192 e. The van der Waals surface area contributed by atoms with Crippen molar-refractivity contribution in [2.75, 3.05) is 0 Å². The van der Waals surface area contributed by atoms with Crippen LogP contribution >= 0.6 is 0 Å². The topological polar surface area (TPSA) is 49.7 Å². The quantitative estimate of drug-likeness (QED) is 0.143. The molecule has 7 rings (SSSR count). The van der Waals surface area contributed by atoms with E-state index < -0.39 is 19.5 Å². The zero-order valence-electron chi connectivity index (χ0n) is 47.2. The van der Waals surface area contributed by atoms with Gasteiger partial charge in [0.2, 0.25) is 0 Å². The second-order valence-electron chi connectivity index (χ2n) is 28.6. The molecule has 0 aromatic rings. The number of fused-ring (bicyclic) bond motifs is 3. The summed E-state index contributed by atoms with van der Waals surface area (Å²) in [6, 6.07) is 0. The van der Waals surface area contributed by atoms with Gasteiger partial charge in [-0.25, -0.2) is 0 Å². The van der Waals surface area contributed by atoms with Crippen LogP contribution in [0.4, 0.5) is 0 Å². The molecule has 3 nitrogen and oxygen atoms in total. The first kappa shape index (κ1) is 55.1. The van der Waals surface area contributed by atoms with E-state index in [2.05, 4.69) is 139 Å². The van der Waals surface area contributed by atoms with E-state index in [1.54, 1.807) is 16.7 Å². The molecular formula is C63H108O3Si. The van der Waals surface area contributed by atoms with Gasteiger partial charge in [-0.2, -0.15) is 0 Å². The van der Waals surface area contributed by atoms with E-state index >= 15 is 0 Å². The molecule has 67 heavy (non-hydrogen) atoms. The van der Waals surface area contributed by atoms with Crippen molar-refractivity contribution in [1.29, 1.82) is 0 Å². The number of hydrogen-bond donors (Lipinski definition) is 2. The third-order valence-corrected chi connectivity index (χ3v) is 26.1. The van der Waals surface area contributed by atoms with Crippen molar-refractivity contribution in [3.63, 3.8) is 0 Å². The summed E-state index contributed by atoms with van der Waals surface area (Å²) in [5.74, 6) is 7.88. The van der Waals surface area contributed by atoms with E-state index in [1.165, 1.54) is 103 Å². The highest BCUT2D eigenvalue weighted by Gasteiger charge is 2.63. The van der Waals surface area contributed by atoms with Crippen LogP contribution in [0.1, 0.15) is 214 Å². The largest absolute Gasteiger partial charge is 0.414 e. The van der Waals surface area contributed by atoms with Crippen LogP contribution in [0.2, 0.25) is 18.1 Å². The second-order valence-corrected chi connectivity index (χ2v) is 33.3. The molecule has 1 unspecified atom stereocenters. The van der Waals surface area contributed by atoms with Gasteiger partial charge in [0, 0.05) is 17.9 Å². The summed E-state index contributed by atoms with van der Waals surface area (Å²) < 4.78 is 6.91. The number of aliphatic hydroxyl groups is 2. The Morgan fingerprint density at radius 2 is 1.12 bits per heavy atom. The summed E-state index contributed by atoms with van der Waals surface area (Å²) in [6.07, 6.45) is 39.3. The number of hydrogen-bond acceptors (Lipinski definition) is 3. The first-order valence-corrected chi connectivity index (χ1v) is 31.4. The van der Waals surface area contributed by atoms with Crippen LogP contribution in [-0.2, 0) is 4.43 Å². The average Bonchev–Trinajstić information content (AvgIpc) is 3.43. The molecule has 2 N–H and O–H groups in total. The summed E-state index contributed by atoms with van der Waals surface area (Å²) in [4.78, 5) is 0. The maximum absolute atomic E-state index is 10.4. The molecule has 0 heterocycles. The fraction of sp³-hybridized carbons (Fsp3) is 0.841. The third-order valence-electron chi connectivity index (χ3n) is 21.6. The van der Waals surface area contributed by atoms with Crippen molar-refractivity contribution >= 4 is 8.32 Å². The highest BCUT2D eigenvalue weighted by molar-refractivity contribution is 6.74. The molecule has 7 aliphatic rings. The summed E-state index contributed by atoms with van der Waals surface area (Å²) in [5, 5.41) is 20.9. The molecule has 7 fully saturated rings. The fourth-order valence-electron chi connectivity index (χ4n) is 15.6. The van der Waals surface area contributed by atoms with E-state index in [1.807, 2.05) is 27.7 Å². The predicted molar refractivity (Wildman–Crippen MR) is 291 cm³/mol. The van der Waals surface area contributed by atoms with Gasteiger partial charge < -0.3 is 14.6 Å². The molecule has 0 aromatic heterocycles. The van der Waals surface area contributed by atoms with Crippen molar-refractivity contribution in [3.8, 4) is 0 Å². The first-order chi connectivity index (χ1) is 30.9. The molecule has 0 bridgehead atoms. The molecule has 16 atom stereocenters. The maximum atomic E-state index is 10.4. The third kappa shape index (κ3) is 12.4. The van der Waals surface area contributed by atoms with Crippen LogP contribution in [0.15, 0.2) is 59.3 Å². The second kappa shape index (κ2) is 20.7. The van der Waals surface area contributed by atoms with Crippen LogP contribution < -0.4 is 0 Å². The molecule has 7 saturated carbocycles. The van der Waals surface area contributed by atoms with Gasteiger partial charge in [0.05, 0.1) is 11.2 Å². The average molecular weight is 942 g/mol. The van der Waals surface area contributed by atoms with Crippen LogP contribution in [0, 0.1) is 87.3 Å². The van der Waals surface area contributed by atoms with Gasteiger partial charge in [0.1, 0.15) is 0 Å². The van der Waals surface area contributed by atoms with Crippen molar-refractivity contribution < 1.29 is 14.6 Å². The van der Waals surface area contributed by atoms with Crippen LogP contribution in [0.25, 0.3) is 0 Å². The molecule has 0 spiro atoms. The minimum absolute atomic E-state index is 0.184. The normalized spacial score (nSPS) is 39.4. The Bertz CT molecular complexity index is 1810. The minimum atomic E-state index is -1.69. The van der Waals surface area contributed by atoms with Crippen LogP contribution in [-0.4, -0.2) is 35.8 Å². The molecule has 4 heteroatoms. The Kier molecular flexibility index (Phi) is 17.1. The lowest BCUT2D eigenvalue weighted by Gasteiger charge is -2.44. The lowest BCUT2D eigenvalue weighted by molar-refractivity contribution is 0.0431. The van der Waals surface area contributed by atoms with Crippen molar-refractivity contribution in [3.05, 3.63) is 59.3 Å². The number of allylic oxidation sites excluding steroid dienone is 8. The van der Waals surface area contributed by atoms with Gasteiger partial charge in [-0.1, -0.05) is 142 Å². The Balaban J connectivity index is 0.000000226. The van der Waals surface area contributed by atoms with Crippen LogP contribution in [0.3, 0.4) is 0 Å². The predicted octanol–water partition coefficient (Wildman–Crippen LogP) is 17.7. The lowest BCUT2D eigenvalue weighted by Crippen LogP contribution is -2.43. The van der Waals surface area contributed by atoms with Gasteiger partial charge in [-0.15, -0.1) is 0 Å². The lowest BCUT2D eigenvalue weighted by atomic mass is 9.60. The van der Waals surface area contributed by atoms with E-state index in [-0.39, 0.29) is 11.8 Å².